The molecule has 92 valence electrons. The first-order valence-corrected chi connectivity index (χ1v) is 5.60. The van der Waals surface area contributed by atoms with E-state index in [9.17, 15) is 9.59 Å². The van der Waals surface area contributed by atoms with Gasteiger partial charge in [-0.1, -0.05) is 13.8 Å². The fourth-order valence-corrected chi connectivity index (χ4v) is 1.98. The van der Waals surface area contributed by atoms with Gasteiger partial charge in [0.2, 0.25) is 5.91 Å². The number of hydrogen-bond donors (Lipinski definition) is 1. The SMILES string of the molecule is CC(C)CN1CC(CC(=O)O)N(C)CC1=O. The summed E-state index contributed by atoms with van der Waals surface area (Å²) in [5.41, 5.74) is 0. The summed E-state index contributed by atoms with van der Waals surface area (Å²) in [5, 5.41) is 8.79. The second kappa shape index (κ2) is 5.30. The highest BCUT2D eigenvalue weighted by Crippen LogP contribution is 2.13. The Morgan fingerprint density at radius 1 is 1.56 bits per heavy atom. The van der Waals surface area contributed by atoms with Crippen LogP contribution in [0, 0.1) is 5.92 Å². The van der Waals surface area contributed by atoms with Gasteiger partial charge in [-0.25, -0.2) is 0 Å². The van der Waals surface area contributed by atoms with E-state index in [0.29, 0.717) is 25.6 Å². The Kier molecular flexibility index (Phi) is 4.29. The van der Waals surface area contributed by atoms with Crippen molar-refractivity contribution in [3.8, 4) is 0 Å². The van der Waals surface area contributed by atoms with Crippen LogP contribution >= 0.6 is 0 Å². The van der Waals surface area contributed by atoms with Crippen molar-refractivity contribution in [1.82, 2.24) is 9.80 Å². The molecule has 5 heteroatoms. The van der Waals surface area contributed by atoms with Crippen molar-refractivity contribution in [2.75, 3.05) is 26.7 Å². The molecular weight excluding hydrogens is 208 g/mol. The van der Waals surface area contributed by atoms with Gasteiger partial charge in [-0.3, -0.25) is 14.5 Å². The largest absolute Gasteiger partial charge is 0.481 e. The minimum absolute atomic E-state index is 0.0612. The standard InChI is InChI=1S/C11H20N2O3/c1-8(2)5-13-6-9(4-11(15)16)12(3)7-10(13)14/h8-9H,4-7H2,1-3H3,(H,15,16). The van der Waals surface area contributed by atoms with Gasteiger partial charge in [-0.15, -0.1) is 0 Å². The molecule has 1 aliphatic rings. The summed E-state index contributed by atoms with van der Waals surface area (Å²) in [6.45, 7) is 5.67. The molecule has 1 amide bonds. The lowest BCUT2D eigenvalue weighted by Gasteiger charge is -2.39. The van der Waals surface area contributed by atoms with Crippen molar-refractivity contribution in [2.24, 2.45) is 5.92 Å². The molecule has 1 heterocycles. The molecule has 0 aromatic heterocycles. The number of piperazine rings is 1. The lowest BCUT2D eigenvalue weighted by molar-refractivity contribution is -0.144. The van der Waals surface area contributed by atoms with Gasteiger partial charge in [0, 0.05) is 19.1 Å². The van der Waals surface area contributed by atoms with E-state index < -0.39 is 5.97 Å². The van der Waals surface area contributed by atoms with E-state index in [0.717, 1.165) is 0 Å². The Bertz CT molecular complexity index is 278. The van der Waals surface area contributed by atoms with Crippen LogP contribution in [0.15, 0.2) is 0 Å². The maximum atomic E-state index is 11.7. The maximum Gasteiger partial charge on any atom is 0.305 e. The van der Waals surface area contributed by atoms with Crippen molar-refractivity contribution in [2.45, 2.75) is 26.3 Å². The molecule has 0 aromatic carbocycles. The van der Waals surface area contributed by atoms with Crippen LogP contribution in [0.2, 0.25) is 0 Å². The van der Waals surface area contributed by atoms with Crippen molar-refractivity contribution in [3.05, 3.63) is 0 Å². The minimum atomic E-state index is -0.810. The number of likely N-dealkylation sites (N-methyl/N-ethyl adjacent to an activating group) is 1. The van der Waals surface area contributed by atoms with Crippen LogP contribution in [0.25, 0.3) is 0 Å². The Balaban J connectivity index is 2.61. The monoisotopic (exact) mass is 228 g/mol. The van der Waals surface area contributed by atoms with E-state index in [1.165, 1.54) is 0 Å². The van der Waals surface area contributed by atoms with Crippen molar-refractivity contribution in [1.29, 1.82) is 0 Å². The molecule has 1 aliphatic heterocycles. The van der Waals surface area contributed by atoms with Crippen LogP contribution in [0.1, 0.15) is 20.3 Å². The minimum Gasteiger partial charge on any atom is -0.481 e. The molecule has 1 atom stereocenters. The van der Waals surface area contributed by atoms with Crippen LogP contribution in [0.5, 0.6) is 0 Å². The van der Waals surface area contributed by atoms with Gasteiger partial charge in [0.05, 0.1) is 13.0 Å². The number of carbonyl (C=O) groups is 2. The van der Waals surface area contributed by atoms with E-state index in [1.54, 1.807) is 11.9 Å². The average molecular weight is 228 g/mol. The predicted molar refractivity (Wildman–Crippen MR) is 60.1 cm³/mol. The lowest BCUT2D eigenvalue weighted by atomic mass is 10.1. The number of rotatable bonds is 4. The average Bonchev–Trinajstić information content (AvgIpc) is 2.11. The molecule has 0 radical (unpaired) electrons. The molecule has 1 saturated heterocycles. The van der Waals surface area contributed by atoms with Gasteiger partial charge >= 0.3 is 5.97 Å². The zero-order valence-electron chi connectivity index (χ0n) is 10.1. The summed E-state index contributed by atoms with van der Waals surface area (Å²) in [7, 11) is 1.80. The number of carbonyl (C=O) groups excluding carboxylic acids is 1. The Morgan fingerprint density at radius 3 is 2.69 bits per heavy atom. The third kappa shape index (κ3) is 3.48. The van der Waals surface area contributed by atoms with Gasteiger partial charge in [0.25, 0.3) is 0 Å². The number of aliphatic carboxylic acids is 1. The molecule has 0 saturated carbocycles. The Labute approximate surface area is 96.0 Å². The lowest BCUT2D eigenvalue weighted by Crippen LogP contribution is -2.55. The first kappa shape index (κ1) is 13.0. The third-order valence-electron chi connectivity index (χ3n) is 2.79. The van der Waals surface area contributed by atoms with Crippen LogP contribution < -0.4 is 0 Å². The van der Waals surface area contributed by atoms with Gasteiger partial charge in [-0.2, -0.15) is 0 Å². The first-order valence-electron chi connectivity index (χ1n) is 5.60. The highest BCUT2D eigenvalue weighted by atomic mass is 16.4. The Morgan fingerprint density at radius 2 is 2.19 bits per heavy atom. The van der Waals surface area contributed by atoms with E-state index in [4.69, 9.17) is 5.11 Å². The molecule has 0 aliphatic carbocycles. The summed E-state index contributed by atoms with van der Waals surface area (Å²) in [5.74, 6) is -0.300. The van der Waals surface area contributed by atoms with Gasteiger partial charge in [0.15, 0.2) is 0 Å². The summed E-state index contributed by atoms with van der Waals surface area (Å²) < 4.78 is 0. The van der Waals surface area contributed by atoms with Crippen molar-refractivity contribution >= 4 is 11.9 Å². The molecule has 0 aromatic rings. The highest BCUT2D eigenvalue weighted by Gasteiger charge is 2.31. The third-order valence-corrected chi connectivity index (χ3v) is 2.79. The quantitative estimate of drug-likeness (QED) is 0.749. The fourth-order valence-electron chi connectivity index (χ4n) is 1.98. The normalized spacial score (nSPS) is 22.9. The zero-order valence-corrected chi connectivity index (χ0v) is 10.1. The molecule has 5 nitrogen and oxygen atoms in total. The van der Waals surface area contributed by atoms with Gasteiger partial charge in [0.1, 0.15) is 0 Å². The van der Waals surface area contributed by atoms with Crippen LogP contribution in [0.3, 0.4) is 0 Å². The summed E-state index contributed by atoms with van der Waals surface area (Å²) in [6.07, 6.45) is 0.0956. The van der Waals surface area contributed by atoms with E-state index in [1.807, 2.05) is 4.90 Å². The molecule has 0 bridgehead atoms. The zero-order chi connectivity index (χ0) is 12.3. The molecule has 1 N–H and O–H groups in total. The molecule has 1 rings (SSSR count). The van der Waals surface area contributed by atoms with E-state index in [2.05, 4.69) is 13.8 Å². The van der Waals surface area contributed by atoms with Crippen molar-refractivity contribution in [3.63, 3.8) is 0 Å². The second-order valence-electron chi connectivity index (χ2n) is 4.86. The number of hydrogen-bond acceptors (Lipinski definition) is 3. The Hall–Kier alpha value is -1.10. The fraction of sp³-hybridized carbons (Fsp3) is 0.818. The van der Waals surface area contributed by atoms with E-state index in [-0.39, 0.29) is 18.4 Å². The maximum absolute atomic E-state index is 11.7. The summed E-state index contributed by atoms with van der Waals surface area (Å²) in [6, 6.07) is -0.0612. The number of carboxylic acids is 1. The van der Waals surface area contributed by atoms with Crippen LogP contribution in [0.4, 0.5) is 0 Å². The second-order valence-corrected chi connectivity index (χ2v) is 4.86. The molecule has 16 heavy (non-hydrogen) atoms. The number of carboxylic acid groups (broad SMARTS) is 1. The highest BCUT2D eigenvalue weighted by molar-refractivity contribution is 5.79. The van der Waals surface area contributed by atoms with Gasteiger partial charge in [-0.05, 0) is 13.0 Å². The van der Waals surface area contributed by atoms with E-state index >= 15 is 0 Å². The first-order chi connectivity index (χ1) is 7.40. The number of nitrogens with zero attached hydrogens (tertiary/aromatic N) is 2. The smallest absolute Gasteiger partial charge is 0.305 e. The topological polar surface area (TPSA) is 60.9 Å². The molecule has 1 unspecified atom stereocenters. The van der Waals surface area contributed by atoms with Crippen LogP contribution in [-0.4, -0.2) is 59.5 Å². The molecule has 1 fully saturated rings. The molecule has 0 spiro atoms. The summed E-state index contributed by atoms with van der Waals surface area (Å²) in [4.78, 5) is 26.0. The van der Waals surface area contributed by atoms with Crippen LogP contribution in [-0.2, 0) is 9.59 Å². The predicted octanol–water partition coefficient (Wildman–Crippen LogP) is 0.260. The van der Waals surface area contributed by atoms with Gasteiger partial charge < -0.3 is 10.0 Å². The molecular formula is C11H20N2O3. The number of amides is 1. The van der Waals surface area contributed by atoms with Crippen molar-refractivity contribution < 1.29 is 14.7 Å². The summed E-state index contributed by atoms with van der Waals surface area (Å²) >= 11 is 0.